The molecule has 0 aromatic carbocycles. The summed E-state index contributed by atoms with van der Waals surface area (Å²) in [7, 11) is 1.55. The van der Waals surface area contributed by atoms with Crippen molar-refractivity contribution >= 4 is 12.0 Å². The molecule has 1 rings (SSSR count). The van der Waals surface area contributed by atoms with Gasteiger partial charge in [0.2, 0.25) is 0 Å². The van der Waals surface area contributed by atoms with Crippen LogP contribution in [0, 0.1) is 0 Å². The van der Waals surface area contributed by atoms with Gasteiger partial charge in [-0.1, -0.05) is 5.21 Å². The molecule has 0 radical (unpaired) electrons. The maximum atomic E-state index is 11.6. The summed E-state index contributed by atoms with van der Waals surface area (Å²) in [5.41, 5.74) is 0. The Morgan fingerprint density at radius 1 is 1.43 bits per heavy atom. The summed E-state index contributed by atoms with van der Waals surface area (Å²) in [5, 5.41) is 21.5. The lowest BCUT2D eigenvalue weighted by molar-refractivity contribution is -0.139. The van der Waals surface area contributed by atoms with Gasteiger partial charge in [-0.3, -0.25) is 4.68 Å². The van der Waals surface area contributed by atoms with Crippen molar-refractivity contribution in [1.82, 2.24) is 25.6 Å². The molecule has 118 valence electrons. The number of ether oxygens (including phenoxy) is 1. The Kier molecular flexibility index (Phi) is 7.80. The van der Waals surface area contributed by atoms with Crippen molar-refractivity contribution in [3.8, 4) is 0 Å². The van der Waals surface area contributed by atoms with Crippen LogP contribution in [0.3, 0.4) is 0 Å². The van der Waals surface area contributed by atoms with E-state index >= 15 is 0 Å². The van der Waals surface area contributed by atoms with Gasteiger partial charge in [0.15, 0.2) is 0 Å². The number of carboxylic acid groups (broad SMARTS) is 1. The smallest absolute Gasteiger partial charge is 0.326 e. The van der Waals surface area contributed by atoms with Gasteiger partial charge in [-0.15, -0.1) is 5.10 Å². The van der Waals surface area contributed by atoms with Gasteiger partial charge in [0.25, 0.3) is 0 Å². The second-order valence-electron chi connectivity index (χ2n) is 4.45. The van der Waals surface area contributed by atoms with Crippen LogP contribution in [-0.4, -0.2) is 58.4 Å². The molecule has 0 aliphatic heterocycles. The van der Waals surface area contributed by atoms with Crippen molar-refractivity contribution in [3.63, 3.8) is 0 Å². The molecular weight excluding hydrogens is 278 g/mol. The minimum atomic E-state index is -1.05. The predicted octanol–water partition coefficient (Wildman–Crippen LogP) is -0.153. The number of methoxy groups -OCH3 is 1. The second kappa shape index (κ2) is 9.70. The summed E-state index contributed by atoms with van der Waals surface area (Å²) < 4.78 is 6.51. The molecule has 0 fully saturated rings. The van der Waals surface area contributed by atoms with Crippen LogP contribution >= 0.6 is 0 Å². The van der Waals surface area contributed by atoms with Crippen molar-refractivity contribution in [2.75, 3.05) is 20.3 Å². The van der Waals surface area contributed by atoms with Gasteiger partial charge < -0.3 is 20.5 Å². The minimum absolute atomic E-state index is 0.329. The highest BCUT2D eigenvalue weighted by Crippen LogP contribution is 1.98. The Bertz CT molecular complexity index is 423. The first kappa shape index (κ1) is 16.9. The molecule has 0 saturated heterocycles. The SMILES string of the molecule is COCCCC(NC(=O)NCCCn1ccnn1)C(=O)O. The van der Waals surface area contributed by atoms with Crippen LogP contribution in [-0.2, 0) is 16.1 Å². The highest BCUT2D eigenvalue weighted by atomic mass is 16.5. The van der Waals surface area contributed by atoms with Crippen LogP contribution < -0.4 is 10.6 Å². The monoisotopic (exact) mass is 299 g/mol. The number of aliphatic carboxylic acids is 1. The largest absolute Gasteiger partial charge is 0.480 e. The number of amides is 2. The van der Waals surface area contributed by atoms with Crippen molar-refractivity contribution in [2.24, 2.45) is 0 Å². The van der Waals surface area contributed by atoms with E-state index in [9.17, 15) is 9.59 Å². The van der Waals surface area contributed by atoms with Gasteiger partial charge in [-0.2, -0.15) is 0 Å². The first-order valence-corrected chi connectivity index (χ1v) is 6.73. The summed E-state index contributed by atoms with van der Waals surface area (Å²) in [6, 6.07) is -1.39. The maximum absolute atomic E-state index is 11.6. The molecule has 9 heteroatoms. The van der Waals surface area contributed by atoms with Crippen LogP contribution in [0.15, 0.2) is 12.4 Å². The van der Waals surface area contributed by atoms with Crippen molar-refractivity contribution in [2.45, 2.75) is 31.8 Å². The summed E-state index contributed by atoms with van der Waals surface area (Å²) in [4.78, 5) is 22.6. The minimum Gasteiger partial charge on any atom is -0.480 e. The van der Waals surface area contributed by atoms with E-state index in [0.29, 0.717) is 39.0 Å². The molecule has 1 atom stereocenters. The molecular formula is C12H21N5O4. The van der Waals surface area contributed by atoms with E-state index in [-0.39, 0.29) is 0 Å². The fraction of sp³-hybridized carbons (Fsp3) is 0.667. The maximum Gasteiger partial charge on any atom is 0.326 e. The number of nitrogens with one attached hydrogen (secondary N) is 2. The number of hydrogen-bond acceptors (Lipinski definition) is 5. The zero-order chi connectivity index (χ0) is 15.5. The van der Waals surface area contributed by atoms with E-state index in [2.05, 4.69) is 20.9 Å². The number of nitrogens with zero attached hydrogens (tertiary/aromatic N) is 3. The number of urea groups is 1. The molecule has 1 unspecified atom stereocenters. The standard InChI is InChI=1S/C12H21N5O4/c1-21-9-2-4-10(11(18)19)15-12(20)13-5-3-7-17-8-6-14-16-17/h6,8,10H,2-5,7,9H2,1H3,(H,18,19)(H2,13,15,20). The predicted molar refractivity (Wildman–Crippen MR) is 73.7 cm³/mol. The normalized spacial score (nSPS) is 11.9. The van der Waals surface area contributed by atoms with Gasteiger partial charge in [-0.05, 0) is 19.3 Å². The molecule has 3 N–H and O–H groups in total. The van der Waals surface area contributed by atoms with Gasteiger partial charge in [0, 0.05) is 33.0 Å². The Labute approximate surface area is 122 Å². The van der Waals surface area contributed by atoms with E-state index in [4.69, 9.17) is 9.84 Å². The van der Waals surface area contributed by atoms with E-state index in [1.807, 2.05) is 0 Å². The molecule has 0 spiro atoms. The first-order chi connectivity index (χ1) is 10.1. The fourth-order valence-corrected chi connectivity index (χ4v) is 1.69. The molecule has 0 bridgehead atoms. The number of aromatic nitrogens is 3. The number of hydrogen-bond donors (Lipinski definition) is 3. The zero-order valence-electron chi connectivity index (χ0n) is 12.0. The average Bonchev–Trinajstić information content (AvgIpc) is 2.96. The number of carboxylic acids is 1. The lowest BCUT2D eigenvalue weighted by atomic mass is 10.1. The molecule has 2 amide bonds. The number of carbonyl (C=O) groups excluding carboxylic acids is 1. The fourth-order valence-electron chi connectivity index (χ4n) is 1.69. The summed E-state index contributed by atoms with van der Waals surface area (Å²) in [5.74, 6) is -1.05. The molecule has 1 aromatic heterocycles. The molecule has 9 nitrogen and oxygen atoms in total. The van der Waals surface area contributed by atoms with Gasteiger partial charge in [-0.25, -0.2) is 9.59 Å². The van der Waals surface area contributed by atoms with Crippen LogP contribution in [0.2, 0.25) is 0 Å². The van der Waals surface area contributed by atoms with Crippen LogP contribution in [0.5, 0.6) is 0 Å². The third-order valence-electron chi connectivity index (χ3n) is 2.77. The van der Waals surface area contributed by atoms with Gasteiger partial charge in [0.05, 0.1) is 6.20 Å². The van der Waals surface area contributed by atoms with E-state index in [1.54, 1.807) is 24.2 Å². The highest BCUT2D eigenvalue weighted by Gasteiger charge is 2.18. The van der Waals surface area contributed by atoms with Gasteiger partial charge >= 0.3 is 12.0 Å². The summed E-state index contributed by atoms with van der Waals surface area (Å²) in [6.07, 6.45) is 4.89. The second-order valence-corrected chi connectivity index (χ2v) is 4.45. The first-order valence-electron chi connectivity index (χ1n) is 6.73. The molecule has 1 aromatic rings. The van der Waals surface area contributed by atoms with Crippen LogP contribution in [0.1, 0.15) is 19.3 Å². The van der Waals surface area contributed by atoms with Gasteiger partial charge in [0.1, 0.15) is 6.04 Å². The zero-order valence-corrected chi connectivity index (χ0v) is 12.0. The topological polar surface area (TPSA) is 118 Å². The van der Waals surface area contributed by atoms with E-state index in [0.717, 1.165) is 0 Å². The lowest BCUT2D eigenvalue weighted by Gasteiger charge is -2.14. The molecule has 0 saturated carbocycles. The average molecular weight is 299 g/mol. The molecule has 1 heterocycles. The van der Waals surface area contributed by atoms with Crippen LogP contribution in [0.4, 0.5) is 4.79 Å². The summed E-state index contributed by atoms with van der Waals surface area (Å²) >= 11 is 0. The van der Waals surface area contributed by atoms with Crippen LogP contribution in [0.25, 0.3) is 0 Å². The number of rotatable bonds is 10. The van der Waals surface area contributed by atoms with E-state index < -0.39 is 18.0 Å². The Balaban J connectivity index is 2.18. The van der Waals surface area contributed by atoms with Crippen molar-refractivity contribution in [3.05, 3.63) is 12.4 Å². The molecule has 21 heavy (non-hydrogen) atoms. The lowest BCUT2D eigenvalue weighted by Crippen LogP contribution is -2.46. The van der Waals surface area contributed by atoms with Crippen molar-refractivity contribution < 1.29 is 19.4 Å². The number of carbonyl (C=O) groups is 2. The Morgan fingerprint density at radius 2 is 2.24 bits per heavy atom. The highest BCUT2D eigenvalue weighted by molar-refractivity contribution is 5.82. The molecule has 0 aliphatic rings. The summed E-state index contributed by atoms with van der Waals surface area (Å²) in [6.45, 7) is 1.53. The Hall–Kier alpha value is -2.16. The number of aryl methyl sites for hydroxylation is 1. The van der Waals surface area contributed by atoms with Crippen molar-refractivity contribution in [1.29, 1.82) is 0 Å². The third kappa shape index (κ3) is 7.25. The Morgan fingerprint density at radius 3 is 2.86 bits per heavy atom. The quantitative estimate of drug-likeness (QED) is 0.517. The van der Waals surface area contributed by atoms with E-state index in [1.165, 1.54) is 0 Å². The third-order valence-corrected chi connectivity index (χ3v) is 2.77. The molecule has 0 aliphatic carbocycles.